The van der Waals surface area contributed by atoms with Gasteiger partial charge in [-0.3, -0.25) is 4.79 Å². The van der Waals surface area contributed by atoms with Gasteiger partial charge in [0, 0.05) is 6.54 Å². The van der Waals surface area contributed by atoms with Gasteiger partial charge in [0.2, 0.25) is 5.91 Å². The van der Waals surface area contributed by atoms with Gasteiger partial charge in [-0.25, -0.2) is 0 Å². The van der Waals surface area contributed by atoms with Crippen LogP contribution in [0.3, 0.4) is 0 Å². The molecule has 0 spiro atoms. The van der Waals surface area contributed by atoms with Crippen molar-refractivity contribution < 1.29 is 9.90 Å². The minimum absolute atomic E-state index is 0.0102. The lowest BCUT2D eigenvalue weighted by molar-refractivity contribution is -0.126. The highest BCUT2D eigenvalue weighted by molar-refractivity contribution is 5.97. The zero-order valence-corrected chi connectivity index (χ0v) is 10.9. The first kappa shape index (κ1) is 12.9. The second-order valence-corrected chi connectivity index (χ2v) is 5.21. The van der Waals surface area contributed by atoms with Crippen molar-refractivity contribution in [1.82, 2.24) is 5.32 Å². The Morgan fingerprint density at radius 1 is 1.44 bits per heavy atom. The minimum atomic E-state index is -0.373. The fraction of sp³-hybridized carbons (Fsp3) is 0.500. The van der Waals surface area contributed by atoms with Crippen LogP contribution in [0.5, 0.6) is 5.75 Å². The Bertz CT molecular complexity index is 437. The Hall–Kier alpha value is -1.55. The number of para-hydroxylation sites is 2. The average Bonchev–Trinajstić information content (AvgIpc) is 2.82. The van der Waals surface area contributed by atoms with Gasteiger partial charge in [-0.2, -0.15) is 0 Å². The van der Waals surface area contributed by atoms with E-state index in [1.807, 2.05) is 0 Å². The van der Waals surface area contributed by atoms with Gasteiger partial charge in [0.05, 0.1) is 11.1 Å². The van der Waals surface area contributed by atoms with Gasteiger partial charge in [0.15, 0.2) is 0 Å². The van der Waals surface area contributed by atoms with E-state index in [2.05, 4.69) is 24.5 Å². The topological polar surface area (TPSA) is 61.4 Å². The molecular formula is C14H20N2O2. The summed E-state index contributed by atoms with van der Waals surface area (Å²) in [6.07, 6.45) is 0.837. The normalized spacial score (nSPS) is 23.3. The van der Waals surface area contributed by atoms with Crippen LogP contribution in [0.4, 0.5) is 5.69 Å². The summed E-state index contributed by atoms with van der Waals surface area (Å²) in [5.74, 6) is 0.359. The summed E-state index contributed by atoms with van der Waals surface area (Å²) in [4.78, 5) is 12.5. The van der Waals surface area contributed by atoms with E-state index in [4.69, 9.17) is 0 Å². The summed E-state index contributed by atoms with van der Waals surface area (Å²) in [7, 11) is 0. The number of phenols is 1. The first-order valence-corrected chi connectivity index (χ1v) is 6.36. The fourth-order valence-electron chi connectivity index (χ4n) is 2.49. The van der Waals surface area contributed by atoms with Crippen molar-refractivity contribution in [1.29, 1.82) is 0 Å². The number of amides is 1. The van der Waals surface area contributed by atoms with Crippen LogP contribution in [0.15, 0.2) is 24.3 Å². The summed E-state index contributed by atoms with van der Waals surface area (Å²) in [5, 5.41) is 15.8. The number of carbonyl (C=O) groups excluding carboxylic acids is 1. The molecule has 1 amide bonds. The molecular weight excluding hydrogens is 228 g/mol. The van der Waals surface area contributed by atoms with Gasteiger partial charge in [-0.1, -0.05) is 26.0 Å². The van der Waals surface area contributed by atoms with Crippen LogP contribution in [-0.2, 0) is 4.79 Å². The highest BCUT2D eigenvalue weighted by atomic mass is 16.3. The summed E-state index contributed by atoms with van der Waals surface area (Å²) >= 11 is 0. The number of benzene rings is 1. The van der Waals surface area contributed by atoms with Crippen molar-refractivity contribution in [3.8, 4) is 5.75 Å². The van der Waals surface area contributed by atoms with E-state index < -0.39 is 0 Å². The highest BCUT2D eigenvalue weighted by Gasteiger charge is 2.43. The zero-order chi connectivity index (χ0) is 13.2. The van der Waals surface area contributed by atoms with Crippen molar-refractivity contribution in [2.45, 2.75) is 20.3 Å². The van der Waals surface area contributed by atoms with E-state index >= 15 is 0 Å². The number of phenolic OH excluding ortho intramolecular Hbond substituents is 1. The third-order valence-corrected chi connectivity index (χ3v) is 3.90. The van der Waals surface area contributed by atoms with Crippen LogP contribution in [-0.4, -0.2) is 24.1 Å². The van der Waals surface area contributed by atoms with Gasteiger partial charge in [-0.05, 0) is 31.0 Å². The van der Waals surface area contributed by atoms with E-state index in [1.54, 1.807) is 24.3 Å². The Kier molecular flexibility index (Phi) is 3.57. The average molecular weight is 248 g/mol. The molecule has 0 saturated carbocycles. The molecule has 0 radical (unpaired) electrons. The van der Waals surface area contributed by atoms with Crippen molar-refractivity contribution in [3.05, 3.63) is 24.3 Å². The maximum absolute atomic E-state index is 12.5. The maximum atomic E-state index is 12.5. The summed E-state index contributed by atoms with van der Waals surface area (Å²) in [6.45, 7) is 5.70. The molecule has 1 unspecified atom stereocenters. The Morgan fingerprint density at radius 2 is 2.17 bits per heavy atom. The monoisotopic (exact) mass is 248 g/mol. The van der Waals surface area contributed by atoms with E-state index in [9.17, 15) is 9.90 Å². The predicted molar refractivity (Wildman–Crippen MR) is 71.5 cm³/mol. The number of anilines is 1. The smallest absolute Gasteiger partial charge is 0.232 e. The molecule has 4 heteroatoms. The van der Waals surface area contributed by atoms with E-state index in [0.717, 1.165) is 13.0 Å². The first-order valence-electron chi connectivity index (χ1n) is 6.36. The first-order chi connectivity index (χ1) is 8.56. The van der Waals surface area contributed by atoms with Gasteiger partial charge in [0.25, 0.3) is 0 Å². The molecule has 1 saturated heterocycles. The largest absolute Gasteiger partial charge is 0.506 e. The highest BCUT2D eigenvalue weighted by Crippen LogP contribution is 2.36. The molecule has 0 bridgehead atoms. The van der Waals surface area contributed by atoms with Crippen LogP contribution in [0.1, 0.15) is 20.3 Å². The molecule has 1 heterocycles. The van der Waals surface area contributed by atoms with Gasteiger partial charge in [-0.15, -0.1) is 0 Å². The quantitative estimate of drug-likeness (QED) is 0.717. The SMILES string of the molecule is CC(C)C1(C(=O)Nc2ccccc2O)CCNC1. The molecule has 1 aliphatic heterocycles. The second kappa shape index (κ2) is 4.98. The predicted octanol–water partition coefficient (Wildman–Crippen LogP) is 1.97. The van der Waals surface area contributed by atoms with Crippen LogP contribution >= 0.6 is 0 Å². The van der Waals surface area contributed by atoms with Crippen LogP contribution in [0.25, 0.3) is 0 Å². The molecule has 4 nitrogen and oxygen atoms in total. The molecule has 98 valence electrons. The van der Waals surface area contributed by atoms with Gasteiger partial charge < -0.3 is 15.7 Å². The zero-order valence-electron chi connectivity index (χ0n) is 10.9. The van der Waals surface area contributed by atoms with Crippen molar-refractivity contribution in [3.63, 3.8) is 0 Å². The third kappa shape index (κ3) is 2.20. The van der Waals surface area contributed by atoms with E-state index in [-0.39, 0.29) is 23.0 Å². The molecule has 0 aromatic heterocycles. The van der Waals surface area contributed by atoms with Crippen LogP contribution in [0, 0.1) is 11.3 Å². The lowest BCUT2D eigenvalue weighted by atomic mass is 9.75. The molecule has 1 aromatic rings. The Morgan fingerprint density at radius 3 is 2.72 bits per heavy atom. The molecule has 1 atom stereocenters. The number of rotatable bonds is 3. The number of hydrogen-bond acceptors (Lipinski definition) is 3. The van der Waals surface area contributed by atoms with Gasteiger partial charge >= 0.3 is 0 Å². The molecule has 1 fully saturated rings. The van der Waals surface area contributed by atoms with Crippen molar-refractivity contribution in [2.24, 2.45) is 11.3 Å². The number of hydrogen-bond donors (Lipinski definition) is 3. The molecule has 3 N–H and O–H groups in total. The molecule has 1 aliphatic rings. The van der Waals surface area contributed by atoms with E-state index in [1.165, 1.54) is 0 Å². The number of aromatic hydroxyl groups is 1. The standard InChI is InChI=1S/C14H20N2O2/c1-10(2)14(7-8-15-9-14)13(18)16-11-5-3-4-6-12(11)17/h3-6,10,15,17H,7-9H2,1-2H3,(H,16,18). The number of carbonyl (C=O) groups is 1. The lowest BCUT2D eigenvalue weighted by Gasteiger charge is -2.31. The summed E-state index contributed by atoms with van der Waals surface area (Å²) in [5.41, 5.74) is 0.108. The van der Waals surface area contributed by atoms with Crippen LogP contribution in [0.2, 0.25) is 0 Å². The minimum Gasteiger partial charge on any atom is -0.506 e. The molecule has 1 aromatic carbocycles. The molecule has 18 heavy (non-hydrogen) atoms. The number of nitrogens with one attached hydrogen (secondary N) is 2. The Balaban J connectivity index is 2.19. The summed E-state index contributed by atoms with van der Waals surface area (Å²) < 4.78 is 0. The lowest BCUT2D eigenvalue weighted by Crippen LogP contribution is -2.42. The summed E-state index contributed by atoms with van der Waals surface area (Å²) in [6, 6.07) is 6.82. The van der Waals surface area contributed by atoms with Crippen LogP contribution < -0.4 is 10.6 Å². The van der Waals surface area contributed by atoms with Crippen molar-refractivity contribution in [2.75, 3.05) is 18.4 Å². The maximum Gasteiger partial charge on any atom is 0.232 e. The van der Waals surface area contributed by atoms with Crippen molar-refractivity contribution >= 4 is 11.6 Å². The van der Waals surface area contributed by atoms with Gasteiger partial charge in [0.1, 0.15) is 5.75 Å². The second-order valence-electron chi connectivity index (χ2n) is 5.21. The molecule has 0 aliphatic carbocycles. The van der Waals surface area contributed by atoms with E-state index in [0.29, 0.717) is 12.2 Å². The fourth-order valence-corrected chi connectivity index (χ4v) is 2.49. The third-order valence-electron chi connectivity index (χ3n) is 3.90. The Labute approximate surface area is 107 Å². The molecule has 2 rings (SSSR count).